The highest BCUT2D eigenvalue weighted by molar-refractivity contribution is 5.95. The van der Waals surface area contributed by atoms with Gasteiger partial charge in [0, 0.05) is 11.6 Å². The molecule has 0 saturated heterocycles. The van der Waals surface area contributed by atoms with Crippen LogP contribution in [-0.4, -0.2) is 24.4 Å². The van der Waals surface area contributed by atoms with Gasteiger partial charge in [-0.25, -0.2) is 0 Å². The molecule has 0 aliphatic rings. The average molecular weight is 295 g/mol. The normalized spacial score (nSPS) is 10.2. The Kier molecular flexibility index (Phi) is 6.65. The van der Waals surface area contributed by atoms with Crippen molar-refractivity contribution in [1.29, 1.82) is 0 Å². The SMILES string of the molecule is CCCCCCOc1c(OC)cc(C(C)=O)cc1[N+](=O)[O-]. The van der Waals surface area contributed by atoms with E-state index < -0.39 is 4.92 Å². The number of unbranched alkanes of at least 4 members (excludes halogenated alkanes) is 3. The maximum Gasteiger partial charge on any atom is 0.315 e. The fourth-order valence-corrected chi connectivity index (χ4v) is 1.93. The standard InChI is InChI=1S/C15H21NO5/c1-4-5-6-7-8-21-15-13(16(18)19)9-12(11(2)17)10-14(15)20-3/h9-10H,4-8H2,1-3H3. The Balaban J connectivity index is 2.99. The summed E-state index contributed by atoms with van der Waals surface area (Å²) in [4.78, 5) is 22.0. The molecule has 21 heavy (non-hydrogen) atoms. The third-order valence-corrected chi connectivity index (χ3v) is 3.10. The van der Waals surface area contributed by atoms with E-state index in [1.54, 1.807) is 0 Å². The Hall–Kier alpha value is -2.11. The van der Waals surface area contributed by atoms with Crippen LogP contribution < -0.4 is 9.47 Å². The first-order valence-electron chi connectivity index (χ1n) is 7.01. The molecule has 0 N–H and O–H groups in total. The van der Waals surface area contributed by atoms with Gasteiger partial charge in [-0.1, -0.05) is 26.2 Å². The van der Waals surface area contributed by atoms with Crippen molar-refractivity contribution in [2.45, 2.75) is 39.5 Å². The van der Waals surface area contributed by atoms with Crippen LogP contribution >= 0.6 is 0 Å². The summed E-state index contributed by atoms with van der Waals surface area (Å²) >= 11 is 0. The largest absolute Gasteiger partial charge is 0.493 e. The van der Waals surface area contributed by atoms with Crippen LogP contribution in [-0.2, 0) is 0 Å². The maximum absolute atomic E-state index is 11.4. The van der Waals surface area contributed by atoms with E-state index in [0.717, 1.165) is 25.7 Å². The molecule has 0 saturated carbocycles. The van der Waals surface area contributed by atoms with E-state index in [4.69, 9.17) is 9.47 Å². The van der Waals surface area contributed by atoms with Crippen molar-refractivity contribution in [3.05, 3.63) is 27.8 Å². The summed E-state index contributed by atoms with van der Waals surface area (Å²) in [6.07, 6.45) is 4.05. The average Bonchev–Trinajstić information content (AvgIpc) is 2.46. The molecule has 6 nitrogen and oxygen atoms in total. The quantitative estimate of drug-likeness (QED) is 0.300. The number of methoxy groups -OCH3 is 1. The molecule has 0 fully saturated rings. The van der Waals surface area contributed by atoms with Gasteiger partial charge in [0.25, 0.3) is 0 Å². The Morgan fingerprint density at radius 2 is 2.00 bits per heavy atom. The highest BCUT2D eigenvalue weighted by Crippen LogP contribution is 2.38. The van der Waals surface area contributed by atoms with Crippen molar-refractivity contribution < 1.29 is 19.2 Å². The third kappa shape index (κ3) is 4.73. The molecule has 0 unspecified atom stereocenters. The summed E-state index contributed by atoms with van der Waals surface area (Å²) in [5.41, 5.74) is -0.00748. The summed E-state index contributed by atoms with van der Waals surface area (Å²) in [7, 11) is 1.40. The van der Waals surface area contributed by atoms with Crippen molar-refractivity contribution in [3.63, 3.8) is 0 Å². The zero-order chi connectivity index (χ0) is 15.8. The Bertz CT molecular complexity index is 513. The van der Waals surface area contributed by atoms with Crippen LogP contribution in [0.25, 0.3) is 0 Å². The number of hydrogen-bond donors (Lipinski definition) is 0. The molecular formula is C15H21NO5. The van der Waals surface area contributed by atoms with Gasteiger partial charge in [-0.2, -0.15) is 0 Å². The second-order valence-electron chi connectivity index (χ2n) is 4.75. The number of carbonyl (C=O) groups is 1. The molecule has 0 radical (unpaired) electrons. The highest BCUT2D eigenvalue weighted by Gasteiger charge is 2.23. The number of nitro benzene ring substituents is 1. The first-order chi connectivity index (χ1) is 10.0. The molecule has 1 rings (SSSR count). The van der Waals surface area contributed by atoms with Gasteiger partial charge in [-0.3, -0.25) is 14.9 Å². The van der Waals surface area contributed by atoms with Gasteiger partial charge in [0.2, 0.25) is 5.75 Å². The van der Waals surface area contributed by atoms with E-state index in [2.05, 4.69) is 6.92 Å². The molecule has 0 aliphatic carbocycles. The molecule has 0 aliphatic heterocycles. The fraction of sp³-hybridized carbons (Fsp3) is 0.533. The lowest BCUT2D eigenvalue weighted by Crippen LogP contribution is -2.05. The zero-order valence-corrected chi connectivity index (χ0v) is 12.7. The first kappa shape index (κ1) is 16.9. The zero-order valence-electron chi connectivity index (χ0n) is 12.7. The summed E-state index contributed by atoms with van der Waals surface area (Å²) in [6, 6.07) is 2.70. The molecule has 1 aromatic rings. The van der Waals surface area contributed by atoms with Gasteiger partial charge in [0.15, 0.2) is 11.5 Å². The van der Waals surface area contributed by atoms with Crippen LogP contribution in [0.1, 0.15) is 49.9 Å². The Morgan fingerprint density at radius 3 is 2.52 bits per heavy atom. The van der Waals surface area contributed by atoms with Gasteiger partial charge in [-0.05, 0) is 19.4 Å². The third-order valence-electron chi connectivity index (χ3n) is 3.10. The molecule has 0 atom stereocenters. The number of rotatable bonds is 9. The fourth-order valence-electron chi connectivity index (χ4n) is 1.93. The lowest BCUT2D eigenvalue weighted by Gasteiger charge is -2.12. The highest BCUT2D eigenvalue weighted by atomic mass is 16.6. The molecule has 1 aromatic carbocycles. The van der Waals surface area contributed by atoms with Crippen molar-refractivity contribution in [3.8, 4) is 11.5 Å². The van der Waals surface area contributed by atoms with E-state index in [-0.39, 0.29) is 28.5 Å². The number of nitrogens with zero attached hydrogens (tertiary/aromatic N) is 1. The first-order valence-corrected chi connectivity index (χ1v) is 7.01. The van der Waals surface area contributed by atoms with Gasteiger partial charge in [-0.15, -0.1) is 0 Å². The molecule has 116 valence electrons. The van der Waals surface area contributed by atoms with Crippen LogP contribution in [0.3, 0.4) is 0 Å². The van der Waals surface area contributed by atoms with Crippen molar-refractivity contribution >= 4 is 11.5 Å². The molecule has 6 heteroatoms. The number of carbonyl (C=O) groups excluding carboxylic acids is 1. The van der Waals surface area contributed by atoms with Gasteiger partial charge in [0.05, 0.1) is 18.6 Å². The molecule has 0 spiro atoms. The van der Waals surface area contributed by atoms with Crippen LogP contribution in [0.2, 0.25) is 0 Å². The summed E-state index contributed by atoms with van der Waals surface area (Å²) in [5, 5.41) is 11.2. The molecule has 0 heterocycles. The lowest BCUT2D eigenvalue weighted by molar-refractivity contribution is -0.386. The molecule has 0 aromatic heterocycles. The van der Waals surface area contributed by atoms with Gasteiger partial charge < -0.3 is 9.47 Å². The Labute approximate surface area is 124 Å². The van der Waals surface area contributed by atoms with Crippen LogP contribution in [0.4, 0.5) is 5.69 Å². The van der Waals surface area contributed by atoms with E-state index in [9.17, 15) is 14.9 Å². The van der Waals surface area contributed by atoms with E-state index >= 15 is 0 Å². The van der Waals surface area contributed by atoms with Crippen LogP contribution in [0.5, 0.6) is 11.5 Å². The van der Waals surface area contributed by atoms with E-state index in [0.29, 0.717) is 6.61 Å². The van der Waals surface area contributed by atoms with Crippen molar-refractivity contribution in [2.75, 3.05) is 13.7 Å². The molecule has 0 amide bonds. The van der Waals surface area contributed by atoms with Gasteiger partial charge in [0.1, 0.15) is 0 Å². The number of hydrogen-bond acceptors (Lipinski definition) is 5. The minimum Gasteiger partial charge on any atom is -0.493 e. The lowest BCUT2D eigenvalue weighted by atomic mass is 10.1. The van der Waals surface area contributed by atoms with Crippen LogP contribution in [0.15, 0.2) is 12.1 Å². The van der Waals surface area contributed by atoms with E-state index in [1.165, 1.54) is 26.2 Å². The number of Topliss-reactive ketones (excluding diaryl/α,β-unsaturated/α-hetero) is 1. The predicted molar refractivity (Wildman–Crippen MR) is 79.3 cm³/mol. The van der Waals surface area contributed by atoms with Crippen molar-refractivity contribution in [1.82, 2.24) is 0 Å². The number of ether oxygens (including phenoxy) is 2. The Morgan fingerprint density at radius 1 is 1.29 bits per heavy atom. The number of benzene rings is 1. The molecular weight excluding hydrogens is 274 g/mol. The summed E-state index contributed by atoms with van der Waals surface area (Å²) < 4.78 is 10.6. The van der Waals surface area contributed by atoms with Gasteiger partial charge >= 0.3 is 5.69 Å². The maximum atomic E-state index is 11.4. The second kappa shape index (κ2) is 8.24. The topological polar surface area (TPSA) is 78.7 Å². The predicted octanol–water partition coefficient (Wildman–Crippen LogP) is 3.77. The van der Waals surface area contributed by atoms with Crippen LogP contribution in [0, 0.1) is 10.1 Å². The number of ketones is 1. The summed E-state index contributed by atoms with van der Waals surface area (Å²) in [6.45, 7) is 3.84. The minimum absolute atomic E-state index is 0.0870. The second-order valence-corrected chi connectivity index (χ2v) is 4.75. The molecule has 0 bridgehead atoms. The minimum atomic E-state index is -0.559. The van der Waals surface area contributed by atoms with Crippen molar-refractivity contribution in [2.24, 2.45) is 0 Å². The van der Waals surface area contributed by atoms with E-state index in [1.807, 2.05) is 0 Å². The monoisotopic (exact) mass is 295 g/mol. The summed E-state index contributed by atoms with van der Waals surface area (Å²) in [5.74, 6) is 0.0415. The smallest absolute Gasteiger partial charge is 0.315 e. The number of nitro groups is 1.